The second kappa shape index (κ2) is 10.9. The quantitative estimate of drug-likeness (QED) is 0.406. The molecule has 0 aromatic carbocycles. The van der Waals surface area contributed by atoms with Crippen LogP contribution < -0.4 is 10.6 Å². The first-order chi connectivity index (χ1) is 10.2. The molecule has 0 saturated carbocycles. The Morgan fingerprint density at radius 1 is 1.38 bits per heavy atom. The van der Waals surface area contributed by atoms with Gasteiger partial charge in [0, 0.05) is 39.8 Å². The number of piperidine rings is 1. The molecular formula is C16H34N4O. The van der Waals surface area contributed by atoms with Crippen molar-refractivity contribution in [2.75, 3.05) is 53.0 Å². The van der Waals surface area contributed by atoms with Crippen LogP contribution in [-0.2, 0) is 4.74 Å². The predicted octanol–water partition coefficient (Wildman–Crippen LogP) is 1.56. The van der Waals surface area contributed by atoms with E-state index < -0.39 is 0 Å². The second-order valence-corrected chi connectivity index (χ2v) is 6.30. The van der Waals surface area contributed by atoms with Gasteiger partial charge in [-0.15, -0.1) is 0 Å². The van der Waals surface area contributed by atoms with Crippen molar-refractivity contribution in [3.05, 3.63) is 0 Å². The Balaban J connectivity index is 2.39. The Morgan fingerprint density at radius 2 is 2.19 bits per heavy atom. The topological polar surface area (TPSA) is 48.9 Å². The minimum atomic E-state index is 0.690. The van der Waals surface area contributed by atoms with Crippen LogP contribution in [0.25, 0.3) is 0 Å². The van der Waals surface area contributed by atoms with Crippen LogP contribution in [-0.4, -0.2) is 63.8 Å². The van der Waals surface area contributed by atoms with E-state index >= 15 is 0 Å². The van der Waals surface area contributed by atoms with Gasteiger partial charge >= 0.3 is 0 Å². The maximum atomic E-state index is 5.06. The van der Waals surface area contributed by atoms with Crippen LogP contribution in [0, 0.1) is 11.8 Å². The van der Waals surface area contributed by atoms with Crippen LogP contribution in [0.2, 0.25) is 0 Å². The number of nitrogens with one attached hydrogen (secondary N) is 2. The van der Waals surface area contributed by atoms with Crippen molar-refractivity contribution in [3.8, 4) is 0 Å². The number of hydrogen-bond acceptors (Lipinski definition) is 3. The van der Waals surface area contributed by atoms with Crippen molar-refractivity contribution < 1.29 is 4.74 Å². The molecular weight excluding hydrogens is 264 g/mol. The van der Waals surface area contributed by atoms with Gasteiger partial charge in [-0.05, 0) is 38.1 Å². The molecule has 1 atom stereocenters. The van der Waals surface area contributed by atoms with Crippen LogP contribution in [0.5, 0.6) is 0 Å². The Labute approximate surface area is 130 Å². The van der Waals surface area contributed by atoms with Gasteiger partial charge in [0.05, 0.1) is 6.61 Å². The largest absolute Gasteiger partial charge is 0.383 e. The lowest BCUT2D eigenvalue weighted by atomic mass is 9.97. The summed E-state index contributed by atoms with van der Waals surface area (Å²) in [6.45, 7) is 13.7. The van der Waals surface area contributed by atoms with Gasteiger partial charge in [-0.3, -0.25) is 4.99 Å². The van der Waals surface area contributed by atoms with Crippen LogP contribution in [0.3, 0.4) is 0 Å². The summed E-state index contributed by atoms with van der Waals surface area (Å²) in [4.78, 5) is 7.33. The maximum Gasteiger partial charge on any atom is 0.191 e. The van der Waals surface area contributed by atoms with Crippen LogP contribution >= 0.6 is 0 Å². The number of aliphatic imine (C=N–C) groups is 1. The van der Waals surface area contributed by atoms with E-state index in [2.05, 4.69) is 36.3 Å². The molecule has 21 heavy (non-hydrogen) atoms. The van der Waals surface area contributed by atoms with E-state index in [-0.39, 0.29) is 0 Å². The number of methoxy groups -OCH3 is 1. The summed E-state index contributed by atoms with van der Waals surface area (Å²) in [5.74, 6) is 2.35. The highest BCUT2D eigenvalue weighted by atomic mass is 16.5. The van der Waals surface area contributed by atoms with Crippen LogP contribution in [0.1, 0.15) is 33.6 Å². The van der Waals surface area contributed by atoms with Gasteiger partial charge in [0.2, 0.25) is 0 Å². The molecule has 0 aromatic rings. The molecule has 5 heteroatoms. The first kappa shape index (κ1) is 18.2. The third-order valence-corrected chi connectivity index (χ3v) is 3.68. The second-order valence-electron chi connectivity index (χ2n) is 6.30. The van der Waals surface area contributed by atoms with Gasteiger partial charge in [0.1, 0.15) is 0 Å². The number of hydrogen-bond donors (Lipinski definition) is 2. The molecule has 5 nitrogen and oxygen atoms in total. The highest BCUT2D eigenvalue weighted by Gasteiger charge is 2.20. The van der Waals surface area contributed by atoms with Gasteiger partial charge in [-0.2, -0.15) is 0 Å². The van der Waals surface area contributed by atoms with Gasteiger partial charge < -0.3 is 20.3 Å². The van der Waals surface area contributed by atoms with Crippen molar-refractivity contribution in [3.63, 3.8) is 0 Å². The van der Waals surface area contributed by atoms with E-state index in [0.29, 0.717) is 12.5 Å². The number of nitrogens with zero attached hydrogens (tertiary/aromatic N) is 2. The SMILES string of the molecule is CCNC(=NCC1CCCN(CC(C)C)C1)NCCOC. The first-order valence-corrected chi connectivity index (χ1v) is 8.39. The highest BCUT2D eigenvalue weighted by Crippen LogP contribution is 2.17. The third-order valence-electron chi connectivity index (χ3n) is 3.68. The fraction of sp³-hybridized carbons (Fsp3) is 0.938. The average Bonchev–Trinajstić information content (AvgIpc) is 2.44. The molecule has 1 rings (SSSR count). The molecule has 0 aliphatic carbocycles. The first-order valence-electron chi connectivity index (χ1n) is 8.39. The summed E-state index contributed by atoms with van der Waals surface area (Å²) < 4.78 is 5.06. The van der Waals surface area contributed by atoms with E-state index in [1.165, 1.54) is 32.5 Å². The average molecular weight is 298 g/mol. The maximum absolute atomic E-state index is 5.06. The molecule has 1 saturated heterocycles. The predicted molar refractivity (Wildman–Crippen MR) is 89.9 cm³/mol. The van der Waals surface area contributed by atoms with E-state index in [1.807, 2.05) is 0 Å². The van der Waals surface area contributed by atoms with Crippen molar-refractivity contribution in [2.24, 2.45) is 16.8 Å². The minimum Gasteiger partial charge on any atom is -0.383 e. The van der Waals surface area contributed by atoms with Crippen LogP contribution in [0.4, 0.5) is 0 Å². The number of ether oxygens (including phenoxy) is 1. The van der Waals surface area contributed by atoms with Crippen LogP contribution in [0.15, 0.2) is 4.99 Å². The minimum absolute atomic E-state index is 0.690. The zero-order valence-corrected chi connectivity index (χ0v) is 14.3. The molecule has 0 amide bonds. The lowest BCUT2D eigenvalue weighted by Crippen LogP contribution is -2.41. The van der Waals surface area contributed by atoms with E-state index in [1.54, 1.807) is 7.11 Å². The van der Waals surface area contributed by atoms with Crippen molar-refractivity contribution in [1.29, 1.82) is 0 Å². The summed E-state index contributed by atoms with van der Waals surface area (Å²) in [5, 5.41) is 6.60. The summed E-state index contributed by atoms with van der Waals surface area (Å²) in [7, 11) is 1.72. The standard InChI is InChI=1S/C16H34N4O/c1-5-17-16(18-8-10-21-4)19-11-15-7-6-9-20(13-15)12-14(2)3/h14-15H,5-13H2,1-4H3,(H2,17,18,19). The lowest BCUT2D eigenvalue weighted by Gasteiger charge is -2.33. The zero-order chi connectivity index (χ0) is 15.5. The fourth-order valence-electron chi connectivity index (χ4n) is 2.82. The van der Waals surface area contributed by atoms with Gasteiger partial charge in [0.15, 0.2) is 5.96 Å². The van der Waals surface area contributed by atoms with E-state index in [9.17, 15) is 0 Å². The molecule has 1 unspecified atom stereocenters. The Morgan fingerprint density at radius 3 is 2.86 bits per heavy atom. The van der Waals surface area contributed by atoms with Crippen molar-refractivity contribution in [2.45, 2.75) is 33.6 Å². The number of likely N-dealkylation sites (tertiary alicyclic amines) is 1. The molecule has 0 aromatic heterocycles. The Kier molecular flexibility index (Phi) is 9.42. The summed E-state index contributed by atoms with van der Waals surface area (Å²) >= 11 is 0. The molecule has 124 valence electrons. The fourth-order valence-corrected chi connectivity index (χ4v) is 2.82. The molecule has 1 aliphatic heterocycles. The van der Waals surface area contributed by atoms with Gasteiger partial charge in [-0.1, -0.05) is 13.8 Å². The highest BCUT2D eigenvalue weighted by molar-refractivity contribution is 5.79. The number of guanidine groups is 1. The molecule has 0 spiro atoms. The molecule has 2 N–H and O–H groups in total. The van der Waals surface area contributed by atoms with Crippen molar-refractivity contribution >= 4 is 5.96 Å². The smallest absolute Gasteiger partial charge is 0.191 e. The van der Waals surface area contributed by atoms with Gasteiger partial charge in [-0.25, -0.2) is 0 Å². The molecule has 1 aliphatic rings. The summed E-state index contributed by atoms with van der Waals surface area (Å²) in [5.41, 5.74) is 0. The number of rotatable bonds is 8. The van der Waals surface area contributed by atoms with Gasteiger partial charge in [0.25, 0.3) is 0 Å². The third kappa shape index (κ3) is 8.27. The van der Waals surface area contributed by atoms with E-state index in [4.69, 9.17) is 9.73 Å². The molecule has 1 heterocycles. The van der Waals surface area contributed by atoms with Crippen molar-refractivity contribution in [1.82, 2.24) is 15.5 Å². The Bertz CT molecular complexity index is 294. The summed E-state index contributed by atoms with van der Waals surface area (Å²) in [6, 6.07) is 0. The molecule has 0 bridgehead atoms. The monoisotopic (exact) mass is 298 g/mol. The van der Waals surface area contributed by atoms with E-state index in [0.717, 1.165) is 31.5 Å². The Hall–Kier alpha value is -0.810. The lowest BCUT2D eigenvalue weighted by molar-refractivity contribution is 0.162. The molecule has 1 fully saturated rings. The molecule has 0 radical (unpaired) electrons. The normalized spacial score (nSPS) is 20.8. The summed E-state index contributed by atoms with van der Waals surface area (Å²) in [6.07, 6.45) is 2.61. The zero-order valence-electron chi connectivity index (χ0n) is 14.3.